The maximum Gasteiger partial charge on any atom is 0.303 e. The molecule has 0 saturated carbocycles. The van der Waals surface area contributed by atoms with Gasteiger partial charge in [0.1, 0.15) is 23.2 Å². The molecule has 0 radical (unpaired) electrons. The lowest BCUT2D eigenvalue weighted by Gasteiger charge is -2.19. The van der Waals surface area contributed by atoms with E-state index >= 15 is 13.2 Å². The lowest BCUT2D eigenvalue weighted by Crippen LogP contribution is -2.13. The van der Waals surface area contributed by atoms with Gasteiger partial charge in [0.25, 0.3) is 0 Å². The Labute approximate surface area is 262 Å². The fourth-order valence-corrected chi connectivity index (χ4v) is 5.15. The van der Waals surface area contributed by atoms with Gasteiger partial charge in [0.05, 0.1) is 30.4 Å². The molecule has 0 aliphatic carbocycles. The molecule has 5 aromatic rings. The van der Waals surface area contributed by atoms with Crippen LogP contribution in [0.25, 0.3) is 22.3 Å². The highest BCUT2D eigenvalue weighted by atomic mass is 19.1. The van der Waals surface area contributed by atoms with Crippen molar-refractivity contribution in [3.8, 4) is 22.9 Å². The Hall–Kier alpha value is -4.68. The summed E-state index contributed by atoms with van der Waals surface area (Å²) in [6, 6.07) is 10.9. The van der Waals surface area contributed by atoms with Crippen molar-refractivity contribution < 1.29 is 41.7 Å². The fraction of sp³-hybridized carbons (Fsp3) is 0.294. The first-order valence-electron chi connectivity index (χ1n) is 14.8. The van der Waals surface area contributed by atoms with Gasteiger partial charge in [0.2, 0.25) is 0 Å². The van der Waals surface area contributed by atoms with Crippen LogP contribution in [-0.4, -0.2) is 52.0 Å². The number of fused-ring (bicyclic) bond motifs is 1. The number of rotatable bonds is 15. The van der Waals surface area contributed by atoms with E-state index in [1.807, 2.05) is 13.8 Å². The van der Waals surface area contributed by atoms with Crippen molar-refractivity contribution in [1.29, 1.82) is 0 Å². The molecule has 0 amide bonds. The molecule has 12 heteroatoms. The summed E-state index contributed by atoms with van der Waals surface area (Å²) in [7, 11) is 0. The molecule has 2 heterocycles. The zero-order valence-electron chi connectivity index (χ0n) is 25.2. The van der Waals surface area contributed by atoms with Gasteiger partial charge in [-0.1, -0.05) is 18.2 Å². The third-order valence-electron chi connectivity index (χ3n) is 7.41. The number of imidazole rings is 1. The predicted octanol–water partition coefficient (Wildman–Crippen LogP) is 7.89. The van der Waals surface area contributed by atoms with Crippen LogP contribution in [0.2, 0.25) is 0 Å². The zero-order chi connectivity index (χ0) is 32.8. The molecule has 0 spiro atoms. The zero-order valence-corrected chi connectivity index (χ0v) is 25.2. The molecule has 1 atom stereocenters. The molecule has 46 heavy (non-hydrogen) atoms. The van der Waals surface area contributed by atoms with E-state index < -0.39 is 40.9 Å². The van der Waals surface area contributed by atoms with E-state index in [-0.39, 0.29) is 59.2 Å². The van der Waals surface area contributed by atoms with Crippen LogP contribution in [0.15, 0.2) is 60.9 Å². The van der Waals surface area contributed by atoms with Gasteiger partial charge in [-0.2, -0.15) is 0 Å². The van der Waals surface area contributed by atoms with Crippen molar-refractivity contribution in [1.82, 2.24) is 15.0 Å². The lowest BCUT2D eigenvalue weighted by molar-refractivity contribution is -0.136. The maximum absolute atomic E-state index is 15.7. The van der Waals surface area contributed by atoms with Gasteiger partial charge in [0, 0.05) is 48.5 Å². The van der Waals surface area contributed by atoms with E-state index in [2.05, 4.69) is 15.0 Å². The number of carboxylic acid groups (broad SMARTS) is 1. The summed E-state index contributed by atoms with van der Waals surface area (Å²) in [5.41, 5.74) is 1.22. The van der Waals surface area contributed by atoms with Gasteiger partial charge in [-0.15, -0.1) is 0 Å². The molecule has 0 fully saturated rings. The van der Waals surface area contributed by atoms with E-state index in [1.54, 1.807) is 12.1 Å². The number of nitrogens with one attached hydrogen (secondary N) is 2. The van der Waals surface area contributed by atoms with Crippen molar-refractivity contribution in [2.75, 3.05) is 19.8 Å². The third-order valence-corrected chi connectivity index (χ3v) is 7.41. The van der Waals surface area contributed by atoms with Crippen LogP contribution in [0.5, 0.6) is 11.5 Å². The Morgan fingerprint density at radius 1 is 0.978 bits per heavy atom. The number of aliphatic carboxylic acids is 1. The highest BCUT2D eigenvalue weighted by molar-refractivity contribution is 5.82. The summed E-state index contributed by atoms with van der Waals surface area (Å²) in [6.45, 7) is 4.78. The van der Waals surface area contributed by atoms with Gasteiger partial charge in [0.15, 0.2) is 17.4 Å². The minimum absolute atomic E-state index is 0.00913. The molecule has 0 aliphatic rings. The topological polar surface area (TPSA) is 109 Å². The van der Waals surface area contributed by atoms with Crippen molar-refractivity contribution in [2.45, 2.75) is 45.1 Å². The SMILES string of the molecule is CC(C)OCCOCCC(c1cnc(-c2cc(Oc3c(F)cc4[nH]ccc4c3F)ccc2F)[nH]1)c1cccc(CCC(=O)O)c1F. The van der Waals surface area contributed by atoms with Crippen LogP contribution in [0.1, 0.15) is 49.4 Å². The molecule has 8 nitrogen and oxygen atoms in total. The van der Waals surface area contributed by atoms with Crippen LogP contribution < -0.4 is 4.74 Å². The number of benzene rings is 3. The third kappa shape index (κ3) is 7.57. The molecule has 0 aliphatic heterocycles. The standard InChI is InChI=1S/C34H33F4N3O5/c1-19(2)45-15-14-44-13-11-22(23-5-3-4-20(31(23)37)6-9-30(42)43)29-18-40-34(41-29)25-16-21(7-8-26(25)35)46-33-27(36)17-28-24(32(33)38)10-12-39-28/h3-5,7-8,10,12,16-19,22,39H,6,9,11,13-15H2,1-2H3,(H,40,41)(H,42,43). The van der Waals surface area contributed by atoms with E-state index in [1.165, 1.54) is 36.7 Å². The maximum atomic E-state index is 15.7. The van der Waals surface area contributed by atoms with Crippen molar-refractivity contribution in [3.05, 3.63) is 101 Å². The summed E-state index contributed by atoms with van der Waals surface area (Å²) in [5.74, 6) is -5.31. The van der Waals surface area contributed by atoms with Crippen LogP contribution in [0.3, 0.4) is 0 Å². The lowest BCUT2D eigenvalue weighted by atomic mass is 9.90. The Kier molecular flexibility index (Phi) is 10.4. The van der Waals surface area contributed by atoms with Gasteiger partial charge in [-0.3, -0.25) is 4.79 Å². The number of aromatic nitrogens is 3. The molecule has 3 aromatic carbocycles. The first kappa shape index (κ1) is 32.7. The minimum Gasteiger partial charge on any atom is -0.481 e. The second kappa shape index (κ2) is 14.6. The van der Waals surface area contributed by atoms with Crippen molar-refractivity contribution >= 4 is 16.9 Å². The van der Waals surface area contributed by atoms with E-state index in [0.717, 1.165) is 12.1 Å². The summed E-state index contributed by atoms with van der Waals surface area (Å²) in [6.07, 6.45) is 3.07. The second-order valence-corrected chi connectivity index (χ2v) is 11.0. The predicted molar refractivity (Wildman–Crippen MR) is 163 cm³/mol. The fourth-order valence-electron chi connectivity index (χ4n) is 5.15. The molecule has 0 saturated heterocycles. The molecule has 5 rings (SSSR count). The minimum atomic E-state index is -1.04. The number of halogens is 4. The summed E-state index contributed by atoms with van der Waals surface area (Å²) >= 11 is 0. The summed E-state index contributed by atoms with van der Waals surface area (Å²) < 4.78 is 77.3. The van der Waals surface area contributed by atoms with Gasteiger partial charge >= 0.3 is 5.97 Å². The Morgan fingerprint density at radius 3 is 2.59 bits per heavy atom. The average molecular weight is 640 g/mol. The van der Waals surface area contributed by atoms with Crippen LogP contribution in [-0.2, 0) is 20.7 Å². The first-order chi connectivity index (χ1) is 22.1. The molecule has 0 bridgehead atoms. The van der Waals surface area contributed by atoms with E-state index in [9.17, 15) is 9.18 Å². The summed E-state index contributed by atoms with van der Waals surface area (Å²) in [5, 5.41) is 9.23. The molecule has 1 unspecified atom stereocenters. The number of hydrogen-bond acceptors (Lipinski definition) is 5. The largest absolute Gasteiger partial charge is 0.481 e. The number of hydrogen-bond donors (Lipinski definition) is 3. The van der Waals surface area contributed by atoms with E-state index in [0.29, 0.717) is 30.9 Å². The van der Waals surface area contributed by atoms with Crippen molar-refractivity contribution in [2.24, 2.45) is 0 Å². The van der Waals surface area contributed by atoms with Gasteiger partial charge in [-0.25, -0.2) is 22.5 Å². The first-order valence-corrected chi connectivity index (χ1v) is 14.8. The number of aromatic amines is 2. The Bertz CT molecular complexity index is 1820. The highest BCUT2D eigenvalue weighted by Gasteiger charge is 2.24. The number of carbonyl (C=O) groups is 1. The Morgan fingerprint density at radius 2 is 1.80 bits per heavy atom. The number of H-pyrrole nitrogens is 2. The van der Waals surface area contributed by atoms with Gasteiger partial charge in [-0.05, 0) is 62.1 Å². The molecule has 3 N–H and O–H groups in total. The number of carboxylic acids is 1. The van der Waals surface area contributed by atoms with Crippen LogP contribution >= 0.6 is 0 Å². The monoisotopic (exact) mass is 639 g/mol. The van der Waals surface area contributed by atoms with E-state index in [4.69, 9.17) is 19.3 Å². The smallest absolute Gasteiger partial charge is 0.303 e. The molecular weight excluding hydrogens is 606 g/mol. The Balaban J connectivity index is 1.42. The molecule has 242 valence electrons. The van der Waals surface area contributed by atoms with Gasteiger partial charge < -0.3 is 29.3 Å². The van der Waals surface area contributed by atoms with Crippen LogP contribution in [0.4, 0.5) is 17.6 Å². The second-order valence-electron chi connectivity index (χ2n) is 11.0. The highest BCUT2D eigenvalue weighted by Crippen LogP contribution is 2.36. The van der Waals surface area contributed by atoms with Crippen molar-refractivity contribution in [3.63, 3.8) is 0 Å². The van der Waals surface area contributed by atoms with Crippen LogP contribution in [0, 0.1) is 23.3 Å². The number of ether oxygens (including phenoxy) is 3. The number of nitrogens with zero attached hydrogens (tertiary/aromatic N) is 1. The quantitative estimate of drug-likeness (QED) is 0.0794. The number of aryl methyl sites for hydroxylation is 1. The molecular formula is C34H33F4N3O5. The summed E-state index contributed by atoms with van der Waals surface area (Å²) in [4.78, 5) is 21.3. The average Bonchev–Trinajstić information content (AvgIpc) is 3.70. The molecule has 2 aromatic heterocycles. The normalized spacial score (nSPS) is 12.2.